The summed E-state index contributed by atoms with van der Waals surface area (Å²) in [4.78, 5) is 0. The first-order chi connectivity index (χ1) is 8.95. The highest BCUT2D eigenvalue weighted by Crippen LogP contribution is 2.29. The van der Waals surface area contributed by atoms with Gasteiger partial charge in [0.05, 0.1) is 5.56 Å². The van der Waals surface area contributed by atoms with E-state index in [1.54, 1.807) is 6.07 Å². The molecule has 0 saturated heterocycles. The Morgan fingerprint density at radius 2 is 1.47 bits per heavy atom. The average molecular weight is 264 g/mol. The molecule has 0 bridgehead atoms. The van der Waals surface area contributed by atoms with Crippen LogP contribution in [0.25, 0.3) is 0 Å². The molecule has 0 radical (unpaired) electrons. The maximum absolute atomic E-state index is 12.6. The van der Waals surface area contributed by atoms with Crippen molar-refractivity contribution in [3.05, 3.63) is 70.8 Å². The zero-order valence-corrected chi connectivity index (χ0v) is 10.7. The van der Waals surface area contributed by atoms with Crippen LogP contribution in [0.3, 0.4) is 0 Å². The fourth-order valence-electron chi connectivity index (χ4n) is 1.95. The Bertz CT molecular complexity index is 539. The van der Waals surface area contributed by atoms with Crippen molar-refractivity contribution in [2.75, 3.05) is 0 Å². The molecule has 0 aromatic heterocycles. The molecule has 0 aliphatic heterocycles. The van der Waals surface area contributed by atoms with E-state index in [4.69, 9.17) is 0 Å². The Morgan fingerprint density at radius 3 is 2.11 bits per heavy atom. The second-order valence-electron chi connectivity index (χ2n) is 4.68. The average Bonchev–Trinajstić information content (AvgIpc) is 2.37. The summed E-state index contributed by atoms with van der Waals surface area (Å²) in [5, 5.41) is 0. The predicted octanol–water partition coefficient (Wildman–Crippen LogP) is 4.80. The summed E-state index contributed by atoms with van der Waals surface area (Å²) >= 11 is 0. The summed E-state index contributed by atoms with van der Waals surface area (Å²) in [5.41, 5.74) is 2.47. The van der Waals surface area contributed by atoms with Crippen LogP contribution in [0.4, 0.5) is 13.2 Å². The molecule has 0 nitrogen and oxygen atoms in total. The molecule has 19 heavy (non-hydrogen) atoms. The SMILES string of the molecule is Cc1ccc(CCc2cccc(C(F)(F)F)c2)cc1. The maximum atomic E-state index is 12.6. The molecule has 0 amide bonds. The summed E-state index contributed by atoms with van der Waals surface area (Å²) in [6, 6.07) is 13.6. The van der Waals surface area contributed by atoms with Crippen LogP contribution in [0.2, 0.25) is 0 Å². The van der Waals surface area contributed by atoms with E-state index in [-0.39, 0.29) is 0 Å². The third kappa shape index (κ3) is 3.85. The fourth-order valence-corrected chi connectivity index (χ4v) is 1.95. The van der Waals surface area contributed by atoms with Crippen LogP contribution in [0.5, 0.6) is 0 Å². The first kappa shape index (κ1) is 13.7. The van der Waals surface area contributed by atoms with Crippen molar-refractivity contribution >= 4 is 0 Å². The van der Waals surface area contributed by atoms with Gasteiger partial charge in [-0.3, -0.25) is 0 Å². The lowest BCUT2D eigenvalue weighted by molar-refractivity contribution is -0.137. The monoisotopic (exact) mass is 264 g/mol. The Balaban J connectivity index is 2.05. The van der Waals surface area contributed by atoms with E-state index in [2.05, 4.69) is 0 Å². The van der Waals surface area contributed by atoms with E-state index in [0.717, 1.165) is 23.6 Å². The summed E-state index contributed by atoms with van der Waals surface area (Å²) in [6.07, 6.45) is -2.89. The number of benzene rings is 2. The topological polar surface area (TPSA) is 0 Å². The Morgan fingerprint density at radius 1 is 0.842 bits per heavy atom. The molecule has 0 N–H and O–H groups in total. The van der Waals surface area contributed by atoms with Gasteiger partial charge >= 0.3 is 6.18 Å². The number of aryl methyl sites for hydroxylation is 3. The molecule has 0 saturated carbocycles. The molecule has 0 aliphatic rings. The van der Waals surface area contributed by atoms with Gasteiger partial charge in [0.2, 0.25) is 0 Å². The van der Waals surface area contributed by atoms with Crippen molar-refractivity contribution in [1.29, 1.82) is 0 Å². The molecular weight excluding hydrogens is 249 g/mol. The number of hydrogen-bond acceptors (Lipinski definition) is 0. The highest BCUT2D eigenvalue weighted by Gasteiger charge is 2.30. The van der Waals surface area contributed by atoms with Crippen molar-refractivity contribution in [2.45, 2.75) is 25.9 Å². The van der Waals surface area contributed by atoms with Crippen LogP contribution in [0, 0.1) is 6.92 Å². The van der Waals surface area contributed by atoms with Crippen molar-refractivity contribution in [1.82, 2.24) is 0 Å². The van der Waals surface area contributed by atoms with Crippen LogP contribution in [-0.4, -0.2) is 0 Å². The van der Waals surface area contributed by atoms with Crippen molar-refractivity contribution < 1.29 is 13.2 Å². The number of alkyl halides is 3. The highest BCUT2D eigenvalue weighted by molar-refractivity contribution is 5.27. The standard InChI is InChI=1S/C16H15F3/c1-12-5-7-13(8-6-12)9-10-14-3-2-4-15(11-14)16(17,18)19/h2-8,11H,9-10H2,1H3. The molecule has 0 heterocycles. The van der Waals surface area contributed by atoms with Gasteiger partial charge in [0, 0.05) is 0 Å². The van der Waals surface area contributed by atoms with Crippen LogP contribution >= 0.6 is 0 Å². The van der Waals surface area contributed by atoms with E-state index < -0.39 is 11.7 Å². The van der Waals surface area contributed by atoms with E-state index in [1.807, 2.05) is 31.2 Å². The molecule has 3 heteroatoms. The van der Waals surface area contributed by atoms with Gasteiger partial charge in [-0.05, 0) is 37.0 Å². The van der Waals surface area contributed by atoms with Crippen LogP contribution in [-0.2, 0) is 19.0 Å². The minimum Gasteiger partial charge on any atom is -0.166 e. The number of hydrogen-bond donors (Lipinski definition) is 0. The first-order valence-electron chi connectivity index (χ1n) is 6.17. The van der Waals surface area contributed by atoms with E-state index in [0.29, 0.717) is 6.42 Å². The zero-order valence-electron chi connectivity index (χ0n) is 10.7. The van der Waals surface area contributed by atoms with Crippen LogP contribution in [0.15, 0.2) is 48.5 Å². The molecule has 0 unspecified atom stereocenters. The van der Waals surface area contributed by atoms with Gasteiger partial charge in [0.25, 0.3) is 0 Å². The maximum Gasteiger partial charge on any atom is 0.416 e. The third-order valence-corrected chi connectivity index (χ3v) is 3.08. The number of halogens is 3. The van der Waals surface area contributed by atoms with E-state index in [9.17, 15) is 13.2 Å². The van der Waals surface area contributed by atoms with Gasteiger partial charge in [-0.25, -0.2) is 0 Å². The first-order valence-corrected chi connectivity index (χ1v) is 6.17. The largest absolute Gasteiger partial charge is 0.416 e. The van der Waals surface area contributed by atoms with Crippen LogP contribution < -0.4 is 0 Å². The Hall–Kier alpha value is -1.77. The van der Waals surface area contributed by atoms with Crippen molar-refractivity contribution in [3.8, 4) is 0 Å². The predicted molar refractivity (Wildman–Crippen MR) is 70.0 cm³/mol. The second kappa shape index (κ2) is 5.47. The Labute approximate surface area is 110 Å². The molecule has 0 atom stereocenters. The van der Waals surface area contributed by atoms with Gasteiger partial charge in [-0.15, -0.1) is 0 Å². The van der Waals surface area contributed by atoms with Gasteiger partial charge in [-0.1, -0.05) is 48.0 Å². The lowest BCUT2D eigenvalue weighted by Gasteiger charge is -2.08. The lowest BCUT2D eigenvalue weighted by atomic mass is 10.0. The van der Waals surface area contributed by atoms with Gasteiger partial charge < -0.3 is 0 Å². The molecule has 2 rings (SSSR count). The molecule has 0 fully saturated rings. The minimum atomic E-state index is -4.26. The van der Waals surface area contributed by atoms with E-state index >= 15 is 0 Å². The molecule has 2 aromatic carbocycles. The second-order valence-corrected chi connectivity index (χ2v) is 4.68. The molecule has 100 valence electrons. The highest BCUT2D eigenvalue weighted by atomic mass is 19.4. The molecular formula is C16H15F3. The smallest absolute Gasteiger partial charge is 0.166 e. The molecule has 0 aliphatic carbocycles. The fraction of sp³-hybridized carbons (Fsp3) is 0.250. The summed E-state index contributed by atoms with van der Waals surface area (Å²) < 4.78 is 37.7. The summed E-state index contributed by atoms with van der Waals surface area (Å²) in [5.74, 6) is 0. The van der Waals surface area contributed by atoms with Gasteiger partial charge in [0.1, 0.15) is 0 Å². The third-order valence-electron chi connectivity index (χ3n) is 3.08. The zero-order chi connectivity index (χ0) is 13.9. The normalized spacial score (nSPS) is 11.6. The quantitative estimate of drug-likeness (QED) is 0.747. The van der Waals surface area contributed by atoms with Crippen molar-refractivity contribution in [2.24, 2.45) is 0 Å². The van der Waals surface area contributed by atoms with Gasteiger partial charge in [0.15, 0.2) is 0 Å². The van der Waals surface area contributed by atoms with E-state index in [1.165, 1.54) is 17.7 Å². The minimum absolute atomic E-state index is 0.575. The summed E-state index contributed by atoms with van der Waals surface area (Å²) in [7, 11) is 0. The van der Waals surface area contributed by atoms with Gasteiger partial charge in [-0.2, -0.15) is 13.2 Å². The molecule has 0 spiro atoms. The Kier molecular flexibility index (Phi) is 3.93. The lowest BCUT2D eigenvalue weighted by Crippen LogP contribution is -2.05. The molecule has 2 aromatic rings. The number of rotatable bonds is 3. The van der Waals surface area contributed by atoms with Crippen LogP contribution in [0.1, 0.15) is 22.3 Å². The summed E-state index contributed by atoms with van der Waals surface area (Å²) in [6.45, 7) is 2.01. The van der Waals surface area contributed by atoms with Crippen molar-refractivity contribution in [3.63, 3.8) is 0 Å².